The van der Waals surface area contributed by atoms with Crippen LogP contribution in [-0.2, 0) is 20.0 Å². The third-order valence-corrected chi connectivity index (χ3v) is 8.41. The van der Waals surface area contributed by atoms with E-state index >= 15 is 0 Å². The van der Waals surface area contributed by atoms with Crippen molar-refractivity contribution in [1.82, 2.24) is 4.90 Å². The monoisotopic (exact) mass is 413 g/mol. The van der Waals surface area contributed by atoms with Gasteiger partial charge >= 0.3 is 0 Å². The number of hydrogen-bond acceptors (Lipinski definition) is 4. The summed E-state index contributed by atoms with van der Waals surface area (Å²) in [6.07, 6.45) is 0.441. The number of hydrogen-bond donors (Lipinski definition) is 0. The number of nitrogens with zero attached hydrogens (tertiary/aromatic N) is 1. The van der Waals surface area contributed by atoms with Gasteiger partial charge in [-0.25, -0.2) is 8.42 Å². The van der Waals surface area contributed by atoms with Crippen LogP contribution < -0.4 is 4.74 Å². The van der Waals surface area contributed by atoms with Crippen molar-refractivity contribution in [2.45, 2.75) is 61.3 Å². The van der Waals surface area contributed by atoms with Crippen LogP contribution in [0.4, 0.5) is 0 Å². The normalized spacial score (nSPS) is 26.7. The number of sulfone groups is 1. The van der Waals surface area contributed by atoms with E-state index in [1.807, 2.05) is 43.3 Å². The second-order valence-corrected chi connectivity index (χ2v) is 11.3. The molecule has 2 aliphatic rings. The minimum absolute atomic E-state index is 0.0787. The Kier molecular flexibility index (Phi) is 4.35. The van der Waals surface area contributed by atoms with Gasteiger partial charge in [0.25, 0.3) is 0 Å². The first-order chi connectivity index (χ1) is 13.4. The number of ether oxygens (including phenoxy) is 1. The fourth-order valence-corrected chi connectivity index (χ4v) is 6.30. The lowest BCUT2D eigenvalue weighted by atomic mass is 9.80. The summed E-state index contributed by atoms with van der Waals surface area (Å²) < 4.78 is 33.4. The summed E-state index contributed by atoms with van der Waals surface area (Å²) in [4.78, 5) is 14.9. The number of carbonyl (C=O) groups excluding carboxylic acids is 1. The molecule has 0 aliphatic carbocycles. The third-order valence-electron chi connectivity index (χ3n) is 6.28. The van der Waals surface area contributed by atoms with E-state index in [1.165, 1.54) is 4.90 Å². The van der Waals surface area contributed by atoms with Crippen LogP contribution >= 0.6 is 0 Å². The summed E-state index contributed by atoms with van der Waals surface area (Å²) in [7, 11) is -2.25. The van der Waals surface area contributed by atoms with Gasteiger partial charge in [-0.15, -0.1) is 0 Å². The molecule has 2 aromatic carbocycles. The Morgan fingerprint density at radius 2 is 1.69 bits per heavy atom. The molecular weight excluding hydrogens is 386 g/mol. The van der Waals surface area contributed by atoms with Gasteiger partial charge in [0, 0.05) is 19.4 Å². The molecule has 4 rings (SSSR count). The largest absolute Gasteiger partial charge is 0.468 e. The van der Waals surface area contributed by atoms with Crippen molar-refractivity contribution < 1.29 is 17.9 Å². The van der Waals surface area contributed by atoms with Crippen molar-refractivity contribution in [2.24, 2.45) is 0 Å². The lowest BCUT2D eigenvalue weighted by molar-refractivity contribution is -0.159. The second-order valence-electron chi connectivity index (χ2n) is 9.26. The highest BCUT2D eigenvalue weighted by Gasteiger charge is 2.56. The van der Waals surface area contributed by atoms with Crippen molar-refractivity contribution in [1.29, 1.82) is 0 Å². The Morgan fingerprint density at radius 1 is 1.07 bits per heavy atom. The summed E-state index contributed by atoms with van der Waals surface area (Å²) in [5, 5.41) is -1.16. The van der Waals surface area contributed by atoms with Crippen LogP contribution in [0.25, 0.3) is 0 Å². The molecule has 154 valence electrons. The first-order valence-electron chi connectivity index (χ1n) is 9.85. The Labute approximate surface area is 172 Å². The zero-order valence-corrected chi connectivity index (χ0v) is 18.3. The molecule has 0 unspecified atom stereocenters. The maximum absolute atomic E-state index is 13.6. The highest BCUT2D eigenvalue weighted by Crippen LogP contribution is 2.49. The Hall–Kier alpha value is -2.34. The molecule has 2 aliphatic heterocycles. The van der Waals surface area contributed by atoms with E-state index in [0.717, 1.165) is 11.1 Å². The van der Waals surface area contributed by atoms with Crippen molar-refractivity contribution in [2.75, 3.05) is 7.05 Å². The van der Waals surface area contributed by atoms with Crippen LogP contribution in [0.5, 0.6) is 5.75 Å². The number of rotatable bonds is 2. The lowest BCUT2D eigenvalue weighted by Crippen LogP contribution is -2.64. The molecule has 1 fully saturated rings. The SMILES string of the molecule is CN1C(=O)[C@@H](S(=O)(=O)c2ccc(C(C)(C)C)cc2)[C@H]2C[C@@]1(C)Oc1ccccc12. The van der Waals surface area contributed by atoms with Crippen molar-refractivity contribution in [3.8, 4) is 5.75 Å². The van der Waals surface area contributed by atoms with E-state index in [0.29, 0.717) is 12.2 Å². The minimum atomic E-state index is -3.87. The number of fused-ring (bicyclic) bond motifs is 4. The molecule has 6 heteroatoms. The second kappa shape index (κ2) is 6.33. The van der Waals surface area contributed by atoms with E-state index < -0.39 is 32.6 Å². The number of carbonyl (C=O) groups is 1. The Bertz CT molecular complexity index is 1070. The number of piperidine rings is 1. The van der Waals surface area contributed by atoms with E-state index in [4.69, 9.17) is 4.74 Å². The minimum Gasteiger partial charge on any atom is -0.468 e. The van der Waals surface area contributed by atoms with Gasteiger partial charge < -0.3 is 9.64 Å². The molecule has 3 atom stereocenters. The molecule has 2 aromatic rings. The van der Waals surface area contributed by atoms with Crippen LogP contribution in [0.1, 0.15) is 51.2 Å². The highest BCUT2D eigenvalue weighted by molar-refractivity contribution is 7.92. The molecular formula is C23H27NO4S. The molecule has 0 radical (unpaired) electrons. The number of amides is 1. The molecule has 0 saturated carbocycles. The van der Waals surface area contributed by atoms with Crippen LogP contribution in [0.2, 0.25) is 0 Å². The zero-order valence-electron chi connectivity index (χ0n) is 17.5. The van der Waals surface area contributed by atoms with Gasteiger partial charge in [0.05, 0.1) is 4.90 Å². The van der Waals surface area contributed by atoms with Crippen molar-refractivity contribution in [3.05, 3.63) is 59.7 Å². The number of likely N-dealkylation sites (tertiary alicyclic amines) is 1. The topological polar surface area (TPSA) is 63.7 Å². The van der Waals surface area contributed by atoms with Gasteiger partial charge in [-0.2, -0.15) is 0 Å². The van der Waals surface area contributed by atoms with Crippen LogP contribution in [-0.4, -0.2) is 37.2 Å². The molecule has 5 nitrogen and oxygen atoms in total. The summed E-state index contributed by atoms with van der Waals surface area (Å²) in [6.45, 7) is 8.08. The molecule has 1 saturated heterocycles. The zero-order chi connectivity index (χ0) is 21.2. The quantitative estimate of drug-likeness (QED) is 0.750. The van der Waals surface area contributed by atoms with Crippen LogP contribution in [0, 0.1) is 0 Å². The number of benzene rings is 2. The predicted octanol–water partition coefficient (Wildman–Crippen LogP) is 3.88. The van der Waals surface area contributed by atoms with Gasteiger partial charge in [0.15, 0.2) is 20.8 Å². The summed E-state index contributed by atoms with van der Waals surface area (Å²) in [5.41, 5.74) is 0.905. The predicted molar refractivity (Wildman–Crippen MR) is 112 cm³/mol. The van der Waals surface area contributed by atoms with Gasteiger partial charge in [-0.05, 0) is 41.7 Å². The summed E-state index contributed by atoms with van der Waals surface area (Å²) >= 11 is 0. The lowest BCUT2D eigenvalue weighted by Gasteiger charge is -2.51. The maximum Gasteiger partial charge on any atom is 0.244 e. The van der Waals surface area contributed by atoms with Crippen molar-refractivity contribution in [3.63, 3.8) is 0 Å². The molecule has 2 bridgehead atoms. The highest BCUT2D eigenvalue weighted by atomic mass is 32.2. The van der Waals surface area contributed by atoms with E-state index in [-0.39, 0.29) is 10.3 Å². The van der Waals surface area contributed by atoms with Gasteiger partial charge in [0.2, 0.25) is 5.91 Å². The molecule has 0 aromatic heterocycles. The van der Waals surface area contributed by atoms with Gasteiger partial charge in [-0.1, -0.05) is 51.1 Å². The molecule has 0 spiro atoms. The molecule has 1 amide bonds. The summed E-state index contributed by atoms with van der Waals surface area (Å²) in [6, 6.07) is 14.4. The van der Waals surface area contributed by atoms with Gasteiger partial charge in [-0.3, -0.25) is 4.79 Å². The fraction of sp³-hybridized carbons (Fsp3) is 0.435. The van der Waals surface area contributed by atoms with Crippen LogP contribution in [0.3, 0.4) is 0 Å². The molecule has 2 heterocycles. The fourth-order valence-electron chi connectivity index (χ4n) is 4.39. The molecule has 0 N–H and O–H groups in total. The van der Waals surface area contributed by atoms with Crippen LogP contribution in [0.15, 0.2) is 53.4 Å². The molecule has 29 heavy (non-hydrogen) atoms. The maximum atomic E-state index is 13.6. The average molecular weight is 414 g/mol. The Morgan fingerprint density at radius 3 is 2.31 bits per heavy atom. The van der Waals surface area contributed by atoms with E-state index in [1.54, 1.807) is 19.2 Å². The summed E-state index contributed by atoms with van der Waals surface area (Å²) in [5.74, 6) is -0.215. The first-order valence-corrected chi connectivity index (χ1v) is 11.4. The first kappa shape index (κ1) is 20.0. The third kappa shape index (κ3) is 3.05. The van der Waals surface area contributed by atoms with E-state index in [9.17, 15) is 13.2 Å². The Balaban J connectivity index is 1.82. The number of para-hydroxylation sites is 1. The van der Waals surface area contributed by atoms with E-state index in [2.05, 4.69) is 20.8 Å². The smallest absolute Gasteiger partial charge is 0.244 e. The average Bonchev–Trinajstić information content (AvgIpc) is 2.65. The van der Waals surface area contributed by atoms with Gasteiger partial charge in [0.1, 0.15) is 5.75 Å². The standard InChI is InChI=1S/C23H27NO4S/c1-22(2,3)15-10-12-16(13-11-15)29(26,27)20-18-14-23(4,24(5)21(20)25)28-19-9-7-6-8-17(18)19/h6-13,18,20H,14H2,1-5H3/t18-,20-,23+/m0/s1. The van der Waals surface area contributed by atoms with Crippen molar-refractivity contribution >= 4 is 15.7 Å².